The third kappa shape index (κ3) is 5.14. The summed E-state index contributed by atoms with van der Waals surface area (Å²) in [5.41, 5.74) is 2.57. The van der Waals surface area contributed by atoms with E-state index >= 15 is 0 Å². The summed E-state index contributed by atoms with van der Waals surface area (Å²) in [6.45, 7) is 1.92. The van der Waals surface area contributed by atoms with Crippen molar-refractivity contribution in [1.82, 2.24) is 9.97 Å². The largest absolute Gasteiger partial charge is 0.493 e. The van der Waals surface area contributed by atoms with Crippen molar-refractivity contribution in [3.8, 4) is 17.2 Å². The maximum atomic E-state index is 11.7. The molecule has 0 aliphatic heterocycles. The van der Waals surface area contributed by atoms with Crippen LogP contribution in [0.4, 0.5) is 0 Å². The number of para-hydroxylation sites is 1. The Hall–Kier alpha value is -3.87. The number of hydrogen-bond acceptors (Lipinski definition) is 7. The van der Waals surface area contributed by atoms with Crippen molar-refractivity contribution in [3.05, 3.63) is 66.1 Å². The molecule has 4 aromatic rings. The Balaban J connectivity index is 0.00000306. The fourth-order valence-corrected chi connectivity index (χ4v) is 3.61. The number of fused-ring (bicyclic) bond motifs is 2. The minimum atomic E-state index is -0.410. The molecule has 0 aliphatic rings. The van der Waals surface area contributed by atoms with Gasteiger partial charge < -0.3 is 18.9 Å². The van der Waals surface area contributed by atoms with Gasteiger partial charge in [-0.25, -0.2) is 9.78 Å². The lowest BCUT2D eigenvalue weighted by Gasteiger charge is -2.12. The van der Waals surface area contributed by atoms with Gasteiger partial charge in [0, 0.05) is 35.3 Å². The molecule has 0 radical (unpaired) electrons. The van der Waals surface area contributed by atoms with E-state index in [4.69, 9.17) is 23.9 Å². The van der Waals surface area contributed by atoms with Gasteiger partial charge in [-0.05, 0) is 42.1 Å². The van der Waals surface area contributed by atoms with Crippen molar-refractivity contribution in [1.29, 1.82) is 0 Å². The predicted octanol–water partition coefficient (Wildman–Crippen LogP) is 4.97. The lowest BCUT2D eigenvalue weighted by Crippen LogP contribution is -2.14. The summed E-state index contributed by atoms with van der Waals surface area (Å²) in [7, 11) is 3.23. The van der Waals surface area contributed by atoms with Gasteiger partial charge in [-0.1, -0.05) is 25.6 Å². The second-order valence-electron chi connectivity index (χ2n) is 7.13. The topological polar surface area (TPSA) is 79.8 Å². The number of pyridine rings is 2. The first-order valence-corrected chi connectivity index (χ1v) is 10.3. The molecule has 0 spiro atoms. The van der Waals surface area contributed by atoms with E-state index in [1.807, 2.05) is 42.6 Å². The highest BCUT2D eigenvalue weighted by Gasteiger charge is 2.12. The zero-order chi connectivity index (χ0) is 22.5. The summed E-state index contributed by atoms with van der Waals surface area (Å²) in [6.07, 6.45) is 4.21. The minimum absolute atomic E-state index is 0. The molecule has 0 saturated carbocycles. The quantitative estimate of drug-likeness (QED) is 0.352. The third-order valence-corrected chi connectivity index (χ3v) is 5.11. The van der Waals surface area contributed by atoms with Crippen LogP contribution in [0.3, 0.4) is 0 Å². The first-order chi connectivity index (χ1) is 15.6. The molecule has 2 aromatic carbocycles. The van der Waals surface area contributed by atoms with E-state index in [2.05, 4.69) is 4.98 Å². The number of benzene rings is 2. The van der Waals surface area contributed by atoms with Crippen LogP contribution in [0, 0.1) is 0 Å². The van der Waals surface area contributed by atoms with Gasteiger partial charge in [-0.3, -0.25) is 4.98 Å². The third-order valence-electron chi connectivity index (χ3n) is 5.11. The summed E-state index contributed by atoms with van der Waals surface area (Å²) in [4.78, 5) is 20.9. The van der Waals surface area contributed by atoms with Crippen molar-refractivity contribution in [2.24, 2.45) is 0 Å². The van der Waals surface area contributed by atoms with E-state index in [0.29, 0.717) is 35.8 Å². The van der Waals surface area contributed by atoms with Gasteiger partial charge in [-0.2, -0.15) is 0 Å². The molecule has 0 bridgehead atoms. The molecule has 2 heterocycles. The van der Waals surface area contributed by atoms with Gasteiger partial charge in [0.2, 0.25) is 0 Å². The molecule has 4 rings (SSSR count). The summed E-state index contributed by atoms with van der Waals surface area (Å²) < 4.78 is 21.5. The molecule has 7 nitrogen and oxygen atoms in total. The molecule has 0 atom stereocenters. The second-order valence-corrected chi connectivity index (χ2v) is 7.13. The molecular formula is C26H28N2O5. The van der Waals surface area contributed by atoms with Crippen LogP contribution in [0.5, 0.6) is 17.2 Å². The van der Waals surface area contributed by atoms with Crippen molar-refractivity contribution in [2.75, 3.05) is 27.4 Å². The van der Waals surface area contributed by atoms with E-state index in [-0.39, 0.29) is 14.0 Å². The van der Waals surface area contributed by atoms with Gasteiger partial charge in [0.15, 0.2) is 18.1 Å². The summed E-state index contributed by atoms with van der Waals surface area (Å²) >= 11 is 0. The van der Waals surface area contributed by atoms with Crippen LogP contribution in [0.15, 0.2) is 54.9 Å². The number of ether oxygens (including phenoxy) is 4. The van der Waals surface area contributed by atoms with Gasteiger partial charge in [0.25, 0.3) is 0 Å². The average Bonchev–Trinajstić information content (AvgIpc) is 2.82. The number of hydrogen-bond donors (Lipinski definition) is 0. The Morgan fingerprint density at radius 3 is 2.48 bits per heavy atom. The number of rotatable bonds is 8. The van der Waals surface area contributed by atoms with E-state index in [9.17, 15) is 4.79 Å². The molecular weight excluding hydrogens is 420 g/mol. The number of nitrogens with zero attached hydrogens (tertiary/aromatic N) is 2. The lowest BCUT2D eigenvalue weighted by atomic mass is 10.0. The molecule has 0 amide bonds. The average molecular weight is 449 g/mol. The molecule has 0 N–H and O–H groups in total. The fourth-order valence-electron chi connectivity index (χ4n) is 3.61. The Kier molecular flexibility index (Phi) is 7.66. The normalized spacial score (nSPS) is 10.5. The van der Waals surface area contributed by atoms with Crippen molar-refractivity contribution in [3.63, 3.8) is 0 Å². The Bertz CT molecular complexity index is 1270. The zero-order valence-corrected chi connectivity index (χ0v) is 18.3. The Labute approximate surface area is 193 Å². The molecule has 0 saturated heterocycles. The smallest absolute Gasteiger partial charge is 0.344 e. The number of carbonyl (C=O) groups excluding carboxylic acids is 1. The van der Waals surface area contributed by atoms with Crippen LogP contribution in [0.25, 0.3) is 21.7 Å². The second kappa shape index (κ2) is 10.6. The van der Waals surface area contributed by atoms with Crippen LogP contribution >= 0.6 is 0 Å². The predicted molar refractivity (Wildman–Crippen MR) is 128 cm³/mol. The highest BCUT2D eigenvalue weighted by atomic mass is 16.6. The van der Waals surface area contributed by atoms with Gasteiger partial charge in [-0.15, -0.1) is 0 Å². The molecule has 7 heteroatoms. The number of aromatic nitrogens is 2. The highest BCUT2D eigenvalue weighted by molar-refractivity contribution is 5.89. The maximum Gasteiger partial charge on any atom is 0.344 e. The fraction of sp³-hybridized carbons (Fsp3) is 0.269. The number of carbonyl (C=O) groups is 1. The van der Waals surface area contributed by atoms with Crippen molar-refractivity contribution in [2.45, 2.75) is 20.8 Å². The lowest BCUT2D eigenvalue weighted by molar-refractivity contribution is -0.145. The standard InChI is InChI=1S/C25H24N2O5.CH4/c1-4-31-24(28)15-32-21-7-5-6-16-8-9-19(27-25(16)21)10-17-13-26-14-18-11-22(29-2)23(30-3)12-20(17)18;/h5-9,11-14H,4,10,15H2,1-3H3;1H4. The van der Waals surface area contributed by atoms with Gasteiger partial charge >= 0.3 is 5.97 Å². The van der Waals surface area contributed by atoms with E-state index in [1.165, 1.54) is 0 Å². The van der Waals surface area contributed by atoms with E-state index < -0.39 is 5.97 Å². The first-order valence-electron chi connectivity index (χ1n) is 10.3. The summed E-state index contributed by atoms with van der Waals surface area (Å²) in [5, 5.41) is 2.91. The van der Waals surface area contributed by atoms with Crippen molar-refractivity contribution < 1.29 is 23.7 Å². The molecule has 172 valence electrons. The monoisotopic (exact) mass is 448 g/mol. The van der Waals surface area contributed by atoms with Crippen molar-refractivity contribution >= 4 is 27.6 Å². The number of methoxy groups -OCH3 is 2. The highest BCUT2D eigenvalue weighted by Crippen LogP contribution is 2.34. The minimum Gasteiger partial charge on any atom is -0.493 e. The molecule has 2 aromatic heterocycles. The number of esters is 1. The summed E-state index contributed by atoms with van der Waals surface area (Å²) in [5.74, 6) is 1.45. The van der Waals surface area contributed by atoms with Crippen LogP contribution in [-0.4, -0.2) is 43.4 Å². The Morgan fingerprint density at radius 2 is 1.73 bits per heavy atom. The van der Waals surface area contributed by atoms with E-state index in [1.54, 1.807) is 33.4 Å². The maximum absolute atomic E-state index is 11.7. The molecule has 0 unspecified atom stereocenters. The molecule has 0 aliphatic carbocycles. The van der Waals surface area contributed by atoms with E-state index in [0.717, 1.165) is 27.4 Å². The van der Waals surface area contributed by atoms with Crippen LogP contribution in [0.2, 0.25) is 0 Å². The SMILES string of the molecule is C.CCOC(=O)COc1cccc2ccc(Cc3cncc4cc(OC)c(OC)cc34)nc12. The van der Waals surface area contributed by atoms with Crippen LogP contribution in [0.1, 0.15) is 25.6 Å². The Morgan fingerprint density at radius 1 is 0.939 bits per heavy atom. The van der Waals surface area contributed by atoms with Gasteiger partial charge in [0.1, 0.15) is 11.3 Å². The summed E-state index contributed by atoms with van der Waals surface area (Å²) in [6, 6.07) is 13.5. The van der Waals surface area contributed by atoms with Crippen LogP contribution < -0.4 is 14.2 Å². The zero-order valence-electron chi connectivity index (χ0n) is 18.3. The van der Waals surface area contributed by atoms with Crippen LogP contribution in [-0.2, 0) is 16.0 Å². The molecule has 33 heavy (non-hydrogen) atoms. The molecule has 0 fully saturated rings. The first kappa shape index (κ1) is 23.8. The van der Waals surface area contributed by atoms with Gasteiger partial charge in [0.05, 0.1) is 20.8 Å².